The highest BCUT2D eigenvalue weighted by molar-refractivity contribution is 7.08. The van der Waals surface area contributed by atoms with E-state index >= 15 is 0 Å². The molecular formula is C18H19N3O2S. The summed E-state index contributed by atoms with van der Waals surface area (Å²) in [6, 6.07) is 9.36. The SMILES string of the molecule is Cc1nnsc1C(=Nc1ccccc1)C1C(=O)CC(C)(C)CC1=O. The van der Waals surface area contributed by atoms with Gasteiger partial charge in [0.25, 0.3) is 0 Å². The molecule has 0 amide bonds. The number of carbonyl (C=O) groups excluding carboxylic acids is 2. The van der Waals surface area contributed by atoms with Crippen LogP contribution in [0.5, 0.6) is 0 Å². The van der Waals surface area contributed by atoms with Crippen molar-refractivity contribution < 1.29 is 9.59 Å². The lowest BCUT2D eigenvalue weighted by Gasteiger charge is -2.32. The van der Waals surface area contributed by atoms with Gasteiger partial charge in [-0.3, -0.25) is 14.6 Å². The quantitative estimate of drug-likeness (QED) is 0.632. The molecule has 1 aromatic heterocycles. The topological polar surface area (TPSA) is 72.3 Å². The van der Waals surface area contributed by atoms with Gasteiger partial charge >= 0.3 is 0 Å². The molecule has 0 N–H and O–H groups in total. The van der Waals surface area contributed by atoms with E-state index in [1.807, 2.05) is 51.1 Å². The number of aliphatic imine (C=N–C) groups is 1. The lowest BCUT2D eigenvalue weighted by molar-refractivity contribution is -0.136. The molecule has 0 radical (unpaired) electrons. The third-order valence-electron chi connectivity index (χ3n) is 4.11. The van der Waals surface area contributed by atoms with Crippen LogP contribution in [-0.2, 0) is 9.59 Å². The van der Waals surface area contributed by atoms with E-state index in [1.54, 1.807) is 0 Å². The summed E-state index contributed by atoms with van der Waals surface area (Å²) < 4.78 is 3.95. The number of para-hydroxylation sites is 1. The number of Topliss-reactive ketones (excluding diaryl/α,β-unsaturated/α-hetero) is 2. The minimum atomic E-state index is -0.820. The molecule has 0 atom stereocenters. The third-order valence-corrected chi connectivity index (χ3v) is 4.96. The maximum absolute atomic E-state index is 12.7. The normalized spacial score (nSPS) is 18.9. The Bertz CT molecular complexity index is 789. The Hall–Kier alpha value is -2.21. The third kappa shape index (κ3) is 3.33. The van der Waals surface area contributed by atoms with Crippen LogP contribution in [0.4, 0.5) is 5.69 Å². The zero-order valence-electron chi connectivity index (χ0n) is 13.9. The van der Waals surface area contributed by atoms with E-state index in [1.165, 1.54) is 11.5 Å². The van der Waals surface area contributed by atoms with Crippen LogP contribution in [0.15, 0.2) is 35.3 Å². The number of hydrogen-bond acceptors (Lipinski definition) is 6. The number of hydrogen-bond donors (Lipinski definition) is 0. The van der Waals surface area contributed by atoms with Gasteiger partial charge in [-0.25, -0.2) is 0 Å². The standard InChI is InChI=1S/C18H19N3O2S/c1-11-17(24-21-20-11)16(19-12-7-5-4-6-8-12)15-13(22)9-18(2,3)10-14(15)23/h4-8,15H,9-10H2,1-3H3. The number of benzene rings is 1. The molecular weight excluding hydrogens is 322 g/mol. The first-order chi connectivity index (χ1) is 11.4. The molecule has 6 heteroatoms. The predicted octanol–water partition coefficient (Wildman–Crippen LogP) is 3.54. The fourth-order valence-corrected chi connectivity index (χ4v) is 3.72. The summed E-state index contributed by atoms with van der Waals surface area (Å²) >= 11 is 1.18. The van der Waals surface area contributed by atoms with Gasteiger partial charge in [0.15, 0.2) is 0 Å². The van der Waals surface area contributed by atoms with Crippen molar-refractivity contribution in [1.82, 2.24) is 9.59 Å². The lowest BCUT2D eigenvalue weighted by Crippen LogP contribution is -2.42. The molecule has 1 saturated carbocycles. The van der Waals surface area contributed by atoms with E-state index in [2.05, 4.69) is 14.6 Å². The molecule has 0 unspecified atom stereocenters. The van der Waals surface area contributed by atoms with E-state index in [4.69, 9.17) is 0 Å². The Morgan fingerprint density at radius 2 is 1.79 bits per heavy atom. The minimum Gasteiger partial charge on any atom is -0.298 e. The molecule has 5 nitrogen and oxygen atoms in total. The van der Waals surface area contributed by atoms with Crippen molar-refractivity contribution in [2.75, 3.05) is 0 Å². The van der Waals surface area contributed by atoms with Crippen LogP contribution in [0.3, 0.4) is 0 Å². The summed E-state index contributed by atoms with van der Waals surface area (Å²) in [6.45, 7) is 5.72. The molecule has 0 saturated heterocycles. The highest BCUT2D eigenvalue weighted by Crippen LogP contribution is 2.36. The van der Waals surface area contributed by atoms with Crippen molar-refractivity contribution in [3.05, 3.63) is 40.9 Å². The van der Waals surface area contributed by atoms with Gasteiger partial charge in [-0.15, -0.1) is 5.10 Å². The van der Waals surface area contributed by atoms with Crippen molar-refractivity contribution >= 4 is 34.5 Å². The predicted molar refractivity (Wildman–Crippen MR) is 93.8 cm³/mol. The van der Waals surface area contributed by atoms with Gasteiger partial charge in [0.05, 0.1) is 22.0 Å². The molecule has 0 spiro atoms. The van der Waals surface area contributed by atoms with E-state index < -0.39 is 5.92 Å². The van der Waals surface area contributed by atoms with E-state index in [9.17, 15) is 9.59 Å². The minimum absolute atomic E-state index is 0.0706. The summed E-state index contributed by atoms with van der Waals surface area (Å²) in [5.74, 6) is -0.961. The molecule has 124 valence electrons. The van der Waals surface area contributed by atoms with Gasteiger partial charge < -0.3 is 0 Å². The van der Waals surface area contributed by atoms with Crippen molar-refractivity contribution in [3.63, 3.8) is 0 Å². The van der Waals surface area contributed by atoms with E-state index in [-0.39, 0.29) is 17.0 Å². The Labute approximate surface area is 145 Å². The lowest BCUT2D eigenvalue weighted by atomic mass is 9.70. The fourth-order valence-electron chi connectivity index (χ4n) is 3.05. The zero-order chi connectivity index (χ0) is 17.3. The van der Waals surface area contributed by atoms with Crippen molar-refractivity contribution in [1.29, 1.82) is 0 Å². The van der Waals surface area contributed by atoms with Gasteiger partial charge in [-0.05, 0) is 36.0 Å². The second-order valence-corrected chi connectivity index (χ2v) is 7.66. The van der Waals surface area contributed by atoms with Crippen LogP contribution in [0.25, 0.3) is 0 Å². The maximum Gasteiger partial charge on any atom is 0.149 e. The molecule has 2 aromatic rings. The Morgan fingerprint density at radius 3 is 2.33 bits per heavy atom. The average Bonchev–Trinajstić information content (AvgIpc) is 2.91. The maximum atomic E-state index is 12.7. The summed E-state index contributed by atoms with van der Waals surface area (Å²) in [4.78, 5) is 30.8. The largest absolute Gasteiger partial charge is 0.298 e. The summed E-state index contributed by atoms with van der Waals surface area (Å²) in [5.41, 5.74) is 1.61. The monoisotopic (exact) mass is 341 g/mol. The molecule has 24 heavy (non-hydrogen) atoms. The zero-order valence-corrected chi connectivity index (χ0v) is 14.8. The van der Waals surface area contributed by atoms with Gasteiger partial charge in [-0.2, -0.15) is 0 Å². The number of aryl methyl sites for hydroxylation is 1. The Morgan fingerprint density at radius 1 is 1.17 bits per heavy atom. The smallest absolute Gasteiger partial charge is 0.149 e. The summed E-state index contributed by atoms with van der Waals surface area (Å²) in [7, 11) is 0. The number of aromatic nitrogens is 2. The van der Waals surface area contributed by atoms with Crippen molar-refractivity contribution in [2.24, 2.45) is 16.3 Å². The first-order valence-corrected chi connectivity index (χ1v) is 8.63. The van der Waals surface area contributed by atoms with Crippen LogP contribution >= 0.6 is 11.5 Å². The van der Waals surface area contributed by atoms with E-state index in [0.717, 1.165) is 0 Å². The van der Waals surface area contributed by atoms with Gasteiger partial charge in [0.2, 0.25) is 0 Å². The molecule has 1 fully saturated rings. The molecule has 1 aliphatic carbocycles. The second kappa shape index (κ2) is 6.36. The molecule has 0 aliphatic heterocycles. The number of ketones is 2. The van der Waals surface area contributed by atoms with E-state index in [0.29, 0.717) is 34.8 Å². The van der Waals surface area contributed by atoms with Crippen LogP contribution in [0, 0.1) is 18.3 Å². The highest BCUT2D eigenvalue weighted by atomic mass is 32.1. The van der Waals surface area contributed by atoms with Crippen LogP contribution in [-0.4, -0.2) is 26.9 Å². The molecule has 0 bridgehead atoms. The van der Waals surface area contributed by atoms with Crippen molar-refractivity contribution in [3.8, 4) is 0 Å². The number of nitrogens with zero attached hydrogens (tertiary/aromatic N) is 3. The Balaban J connectivity index is 2.09. The van der Waals surface area contributed by atoms with Crippen LogP contribution in [0.1, 0.15) is 37.3 Å². The van der Waals surface area contributed by atoms with Gasteiger partial charge in [0.1, 0.15) is 17.5 Å². The Kier molecular flexibility index (Phi) is 4.41. The van der Waals surface area contributed by atoms with Crippen LogP contribution < -0.4 is 0 Å². The average molecular weight is 341 g/mol. The second-order valence-electron chi connectivity index (χ2n) is 6.90. The van der Waals surface area contributed by atoms with Crippen molar-refractivity contribution in [2.45, 2.75) is 33.6 Å². The molecule has 1 aliphatic rings. The number of carbonyl (C=O) groups is 2. The number of rotatable bonds is 3. The molecule has 1 heterocycles. The summed E-state index contributed by atoms with van der Waals surface area (Å²) in [6.07, 6.45) is 0.755. The highest BCUT2D eigenvalue weighted by Gasteiger charge is 2.43. The fraction of sp³-hybridized carbons (Fsp3) is 0.389. The first-order valence-electron chi connectivity index (χ1n) is 7.86. The van der Waals surface area contributed by atoms with Gasteiger partial charge in [0, 0.05) is 12.8 Å². The van der Waals surface area contributed by atoms with Crippen LogP contribution in [0.2, 0.25) is 0 Å². The summed E-state index contributed by atoms with van der Waals surface area (Å²) in [5, 5.41) is 4.02. The molecule has 3 rings (SSSR count). The molecule has 1 aromatic carbocycles. The van der Waals surface area contributed by atoms with Gasteiger partial charge in [-0.1, -0.05) is 36.5 Å². The first kappa shape index (κ1) is 16.6.